The first-order chi connectivity index (χ1) is 10.9. The van der Waals surface area contributed by atoms with Gasteiger partial charge in [0.2, 0.25) is 0 Å². The van der Waals surface area contributed by atoms with Crippen LogP contribution in [0.3, 0.4) is 0 Å². The number of pyridine rings is 1. The first kappa shape index (κ1) is 15.5. The molecule has 3 rings (SSSR count). The molecular formula is C16H20N4O3. The molecule has 0 bridgehead atoms. The number of hydrogen-bond donors (Lipinski definition) is 1. The number of amidine groups is 1. The standard InChI is InChI=1S/C16H20N4O3/c1-10-8-12(13(23-3)9-17-10)14(21)20-6-4-16(5-7-20)15(22)18-11(2)19-16/h8-9H,4-7H2,1-3H3,(H,18,19,22). The molecule has 1 aromatic rings. The van der Waals surface area contributed by atoms with E-state index in [-0.39, 0.29) is 11.8 Å². The van der Waals surface area contributed by atoms with Gasteiger partial charge in [0.15, 0.2) is 0 Å². The number of rotatable bonds is 2. The van der Waals surface area contributed by atoms with Crippen LogP contribution >= 0.6 is 0 Å². The van der Waals surface area contributed by atoms with Crippen molar-refractivity contribution in [1.29, 1.82) is 0 Å². The van der Waals surface area contributed by atoms with Crippen LogP contribution in [0, 0.1) is 6.92 Å². The van der Waals surface area contributed by atoms with E-state index in [1.165, 1.54) is 7.11 Å². The van der Waals surface area contributed by atoms with Crippen molar-refractivity contribution in [3.8, 4) is 5.75 Å². The molecule has 2 aliphatic heterocycles. The zero-order valence-electron chi connectivity index (χ0n) is 13.5. The number of ether oxygens (including phenoxy) is 1. The summed E-state index contributed by atoms with van der Waals surface area (Å²) in [5.74, 6) is 0.968. The van der Waals surface area contributed by atoms with E-state index in [0.29, 0.717) is 43.1 Å². The molecule has 3 heterocycles. The molecule has 1 fully saturated rings. The van der Waals surface area contributed by atoms with Crippen molar-refractivity contribution in [2.24, 2.45) is 4.99 Å². The van der Waals surface area contributed by atoms with Gasteiger partial charge in [0, 0.05) is 18.8 Å². The van der Waals surface area contributed by atoms with Gasteiger partial charge in [-0.3, -0.25) is 19.6 Å². The molecule has 0 saturated carbocycles. The molecule has 0 atom stereocenters. The Balaban J connectivity index is 1.77. The predicted molar refractivity (Wildman–Crippen MR) is 84.6 cm³/mol. The van der Waals surface area contributed by atoms with Crippen molar-refractivity contribution in [3.05, 3.63) is 23.5 Å². The summed E-state index contributed by atoms with van der Waals surface area (Å²) in [6.07, 6.45) is 2.63. The second-order valence-corrected chi connectivity index (χ2v) is 6.00. The van der Waals surface area contributed by atoms with Gasteiger partial charge in [-0.15, -0.1) is 0 Å². The minimum absolute atomic E-state index is 0.0561. The van der Waals surface area contributed by atoms with E-state index < -0.39 is 5.54 Å². The van der Waals surface area contributed by atoms with Crippen LogP contribution in [0.4, 0.5) is 0 Å². The fourth-order valence-corrected chi connectivity index (χ4v) is 3.15. The van der Waals surface area contributed by atoms with Crippen LogP contribution < -0.4 is 10.1 Å². The zero-order valence-corrected chi connectivity index (χ0v) is 13.5. The lowest BCUT2D eigenvalue weighted by Crippen LogP contribution is -2.50. The van der Waals surface area contributed by atoms with Gasteiger partial charge < -0.3 is 15.0 Å². The highest BCUT2D eigenvalue weighted by atomic mass is 16.5. The molecule has 2 amide bonds. The quantitative estimate of drug-likeness (QED) is 0.879. The van der Waals surface area contributed by atoms with Crippen LogP contribution in [0.15, 0.2) is 17.3 Å². The van der Waals surface area contributed by atoms with E-state index >= 15 is 0 Å². The predicted octanol–water partition coefficient (Wildman–Crippen LogP) is 0.922. The zero-order chi connectivity index (χ0) is 16.6. The van der Waals surface area contributed by atoms with E-state index in [4.69, 9.17) is 4.74 Å². The summed E-state index contributed by atoms with van der Waals surface area (Å²) >= 11 is 0. The van der Waals surface area contributed by atoms with Crippen molar-refractivity contribution < 1.29 is 14.3 Å². The molecule has 0 aliphatic carbocycles. The molecule has 7 nitrogen and oxygen atoms in total. The maximum atomic E-state index is 12.8. The van der Waals surface area contributed by atoms with Gasteiger partial charge >= 0.3 is 0 Å². The van der Waals surface area contributed by atoms with E-state index in [1.54, 1.807) is 24.1 Å². The fourth-order valence-electron chi connectivity index (χ4n) is 3.15. The number of aryl methyl sites for hydroxylation is 1. The van der Waals surface area contributed by atoms with Crippen LogP contribution in [0.5, 0.6) is 5.75 Å². The number of nitrogens with one attached hydrogen (secondary N) is 1. The third-order valence-corrected chi connectivity index (χ3v) is 4.43. The van der Waals surface area contributed by atoms with Gasteiger partial charge in [-0.1, -0.05) is 0 Å². The summed E-state index contributed by atoms with van der Waals surface area (Å²) < 4.78 is 5.24. The monoisotopic (exact) mass is 316 g/mol. The molecule has 1 spiro atoms. The van der Waals surface area contributed by atoms with Crippen LogP contribution in [0.1, 0.15) is 35.8 Å². The summed E-state index contributed by atoms with van der Waals surface area (Å²) in [4.78, 5) is 35.2. The SMILES string of the molecule is COc1cnc(C)cc1C(=O)N1CCC2(CC1)N=C(C)NC2=O. The number of carbonyl (C=O) groups excluding carboxylic acids is 2. The molecule has 0 radical (unpaired) electrons. The van der Waals surface area contributed by atoms with Gasteiger partial charge in [-0.05, 0) is 32.8 Å². The number of likely N-dealkylation sites (tertiary alicyclic amines) is 1. The van der Waals surface area contributed by atoms with Crippen molar-refractivity contribution in [2.45, 2.75) is 32.2 Å². The Morgan fingerprint density at radius 1 is 1.35 bits per heavy atom. The molecule has 122 valence electrons. The Labute approximate surface area is 134 Å². The number of aliphatic imine (C=N–C) groups is 1. The summed E-state index contributed by atoms with van der Waals surface area (Å²) in [5, 5.41) is 2.76. The molecule has 7 heteroatoms. The van der Waals surface area contributed by atoms with Crippen LogP contribution in [0.25, 0.3) is 0 Å². The third-order valence-electron chi connectivity index (χ3n) is 4.43. The molecule has 23 heavy (non-hydrogen) atoms. The maximum Gasteiger partial charge on any atom is 0.257 e. The smallest absolute Gasteiger partial charge is 0.257 e. The molecule has 1 saturated heterocycles. The number of piperidine rings is 1. The molecule has 1 aromatic heterocycles. The summed E-state index contributed by atoms with van der Waals surface area (Å²) in [5.41, 5.74) is 0.573. The van der Waals surface area contributed by atoms with Crippen LogP contribution in [-0.4, -0.2) is 53.3 Å². The van der Waals surface area contributed by atoms with Gasteiger partial charge in [0.1, 0.15) is 17.1 Å². The Bertz CT molecular complexity index is 691. The van der Waals surface area contributed by atoms with Crippen LogP contribution in [0.2, 0.25) is 0 Å². The van der Waals surface area contributed by atoms with Gasteiger partial charge in [0.05, 0.1) is 18.9 Å². The minimum atomic E-state index is -0.695. The normalized spacial score (nSPS) is 19.5. The largest absolute Gasteiger partial charge is 0.494 e. The van der Waals surface area contributed by atoms with E-state index in [2.05, 4.69) is 15.3 Å². The van der Waals surface area contributed by atoms with E-state index in [0.717, 1.165) is 5.69 Å². The number of nitrogens with zero attached hydrogens (tertiary/aromatic N) is 3. The van der Waals surface area contributed by atoms with E-state index in [1.807, 2.05) is 6.92 Å². The lowest BCUT2D eigenvalue weighted by Gasteiger charge is -2.35. The molecule has 0 aromatic carbocycles. The Morgan fingerprint density at radius 2 is 2.04 bits per heavy atom. The third kappa shape index (κ3) is 2.67. The summed E-state index contributed by atoms with van der Waals surface area (Å²) in [6, 6.07) is 1.73. The topological polar surface area (TPSA) is 83.9 Å². The Kier molecular flexibility index (Phi) is 3.79. The number of carbonyl (C=O) groups is 2. The highest BCUT2D eigenvalue weighted by Gasteiger charge is 2.45. The van der Waals surface area contributed by atoms with Gasteiger partial charge in [-0.25, -0.2) is 0 Å². The van der Waals surface area contributed by atoms with Crippen molar-refractivity contribution in [3.63, 3.8) is 0 Å². The molecular weight excluding hydrogens is 296 g/mol. The fraction of sp³-hybridized carbons (Fsp3) is 0.500. The van der Waals surface area contributed by atoms with Crippen molar-refractivity contribution in [2.75, 3.05) is 20.2 Å². The summed E-state index contributed by atoms with van der Waals surface area (Å²) in [7, 11) is 1.52. The van der Waals surface area contributed by atoms with Gasteiger partial charge in [0.25, 0.3) is 11.8 Å². The average Bonchev–Trinajstić information content (AvgIpc) is 2.81. The minimum Gasteiger partial charge on any atom is -0.494 e. The van der Waals surface area contributed by atoms with Crippen molar-refractivity contribution in [1.82, 2.24) is 15.2 Å². The Morgan fingerprint density at radius 3 is 2.61 bits per heavy atom. The van der Waals surface area contributed by atoms with E-state index in [9.17, 15) is 9.59 Å². The highest BCUT2D eigenvalue weighted by Crippen LogP contribution is 2.31. The molecule has 0 unspecified atom stereocenters. The lowest BCUT2D eigenvalue weighted by atomic mass is 9.87. The number of amides is 2. The van der Waals surface area contributed by atoms with Gasteiger partial charge in [-0.2, -0.15) is 0 Å². The number of aromatic nitrogens is 1. The van der Waals surface area contributed by atoms with Crippen molar-refractivity contribution >= 4 is 17.6 Å². The Hall–Kier alpha value is -2.44. The number of hydrogen-bond acceptors (Lipinski definition) is 5. The maximum absolute atomic E-state index is 12.8. The highest BCUT2D eigenvalue weighted by molar-refractivity contribution is 6.07. The lowest BCUT2D eigenvalue weighted by molar-refractivity contribution is -0.125. The average molecular weight is 316 g/mol. The molecule has 2 aliphatic rings. The number of methoxy groups -OCH3 is 1. The first-order valence-corrected chi connectivity index (χ1v) is 7.63. The second-order valence-electron chi connectivity index (χ2n) is 6.00. The summed E-state index contributed by atoms with van der Waals surface area (Å²) in [6.45, 7) is 4.61. The second kappa shape index (κ2) is 5.64. The first-order valence-electron chi connectivity index (χ1n) is 7.63. The van der Waals surface area contributed by atoms with Crippen LogP contribution in [-0.2, 0) is 4.79 Å². The molecule has 1 N–H and O–H groups in total.